The molecule has 0 aliphatic heterocycles. The molecule has 0 bridgehead atoms. The number of nitrogens with zero attached hydrogens (tertiary/aromatic N) is 1. The quantitative estimate of drug-likeness (QED) is 0.846. The van der Waals surface area contributed by atoms with E-state index in [0.717, 1.165) is 17.7 Å². The summed E-state index contributed by atoms with van der Waals surface area (Å²) in [5, 5.41) is 3.36. The lowest BCUT2D eigenvalue weighted by Crippen LogP contribution is -2.21. The van der Waals surface area contributed by atoms with Crippen LogP contribution in [-0.2, 0) is 0 Å². The zero-order valence-electron chi connectivity index (χ0n) is 10.4. The molecule has 88 valence electrons. The largest absolute Gasteiger partial charge is 0.383 e. The molecule has 1 atom stereocenters. The summed E-state index contributed by atoms with van der Waals surface area (Å²) in [5.74, 6) is 0.0371. The molecule has 3 nitrogen and oxygen atoms in total. The highest BCUT2D eigenvalue weighted by molar-refractivity contribution is 5.94. The van der Waals surface area contributed by atoms with Crippen LogP contribution >= 0.6 is 0 Å². The highest BCUT2D eigenvalue weighted by atomic mass is 16.2. The topological polar surface area (TPSA) is 32.3 Å². The highest BCUT2D eigenvalue weighted by Gasteiger charge is 2.07. The van der Waals surface area contributed by atoms with Crippen LogP contribution in [0, 0.1) is 0 Å². The molecule has 0 heterocycles. The first-order valence-corrected chi connectivity index (χ1v) is 5.62. The Hall–Kier alpha value is -1.51. The molecule has 0 aromatic heterocycles. The van der Waals surface area contributed by atoms with E-state index in [4.69, 9.17) is 0 Å². The van der Waals surface area contributed by atoms with Gasteiger partial charge in [0.2, 0.25) is 0 Å². The number of hydrogen-bond acceptors (Lipinski definition) is 2. The molecule has 1 unspecified atom stereocenters. The highest BCUT2D eigenvalue weighted by Crippen LogP contribution is 2.12. The number of anilines is 1. The SMILES string of the molecule is CCC(C)Nc1ccc(C(=O)N(C)C)cc1. The Kier molecular flexibility index (Phi) is 4.35. The molecular weight excluding hydrogens is 200 g/mol. The van der Waals surface area contributed by atoms with Gasteiger partial charge in [-0.05, 0) is 37.6 Å². The Morgan fingerprint density at radius 3 is 2.31 bits per heavy atom. The van der Waals surface area contributed by atoms with Crippen molar-refractivity contribution < 1.29 is 4.79 Å². The summed E-state index contributed by atoms with van der Waals surface area (Å²) in [7, 11) is 3.52. The maximum Gasteiger partial charge on any atom is 0.253 e. The number of amides is 1. The first-order chi connectivity index (χ1) is 7.54. The molecule has 1 rings (SSSR count). The maximum atomic E-state index is 11.6. The first kappa shape index (κ1) is 12.6. The molecule has 0 fully saturated rings. The summed E-state index contributed by atoms with van der Waals surface area (Å²) >= 11 is 0. The molecule has 0 saturated heterocycles. The van der Waals surface area contributed by atoms with E-state index in [1.165, 1.54) is 0 Å². The summed E-state index contributed by atoms with van der Waals surface area (Å²) < 4.78 is 0. The molecule has 0 radical (unpaired) electrons. The predicted molar refractivity (Wildman–Crippen MR) is 67.8 cm³/mol. The zero-order valence-corrected chi connectivity index (χ0v) is 10.4. The van der Waals surface area contributed by atoms with Crippen molar-refractivity contribution in [1.82, 2.24) is 4.90 Å². The van der Waals surface area contributed by atoms with Crippen molar-refractivity contribution in [2.24, 2.45) is 0 Å². The van der Waals surface area contributed by atoms with E-state index in [1.807, 2.05) is 24.3 Å². The average molecular weight is 220 g/mol. The van der Waals surface area contributed by atoms with Crippen LogP contribution in [0.1, 0.15) is 30.6 Å². The zero-order chi connectivity index (χ0) is 12.1. The number of benzene rings is 1. The van der Waals surface area contributed by atoms with E-state index in [1.54, 1.807) is 19.0 Å². The Balaban J connectivity index is 2.71. The number of rotatable bonds is 4. The Bertz CT molecular complexity index is 343. The number of hydrogen-bond donors (Lipinski definition) is 1. The van der Waals surface area contributed by atoms with Crippen molar-refractivity contribution in [2.75, 3.05) is 19.4 Å². The molecule has 1 aromatic rings. The maximum absolute atomic E-state index is 11.6. The Morgan fingerprint density at radius 1 is 1.31 bits per heavy atom. The Morgan fingerprint density at radius 2 is 1.88 bits per heavy atom. The molecular formula is C13H20N2O. The van der Waals surface area contributed by atoms with Crippen LogP contribution in [0.3, 0.4) is 0 Å². The third-order valence-electron chi connectivity index (χ3n) is 2.56. The first-order valence-electron chi connectivity index (χ1n) is 5.62. The van der Waals surface area contributed by atoms with Crippen LogP contribution in [0.4, 0.5) is 5.69 Å². The summed E-state index contributed by atoms with van der Waals surface area (Å²) in [4.78, 5) is 13.2. The number of carbonyl (C=O) groups excluding carboxylic acids is 1. The van der Waals surface area contributed by atoms with E-state index in [-0.39, 0.29) is 5.91 Å². The average Bonchev–Trinajstić information content (AvgIpc) is 2.28. The molecule has 0 aliphatic rings. The van der Waals surface area contributed by atoms with Gasteiger partial charge in [0.1, 0.15) is 0 Å². The van der Waals surface area contributed by atoms with E-state index in [2.05, 4.69) is 19.2 Å². The van der Waals surface area contributed by atoms with Gasteiger partial charge in [-0.25, -0.2) is 0 Å². The molecule has 0 aliphatic carbocycles. The van der Waals surface area contributed by atoms with Crippen LogP contribution in [0.25, 0.3) is 0 Å². The summed E-state index contributed by atoms with van der Waals surface area (Å²) in [6, 6.07) is 8.06. The lowest BCUT2D eigenvalue weighted by molar-refractivity contribution is 0.0827. The number of carbonyl (C=O) groups is 1. The minimum Gasteiger partial charge on any atom is -0.383 e. The smallest absolute Gasteiger partial charge is 0.253 e. The lowest BCUT2D eigenvalue weighted by atomic mass is 10.1. The fourth-order valence-electron chi connectivity index (χ4n) is 1.35. The minimum absolute atomic E-state index is 0.0371. The molecule has 0 spiro atoms. The minimum atomic E-state index is 0.0371. The molecule has 1 aromatic carbocycles. The van der Waals surface area contributed by atoms with Crippen LogP contribution in [0.2, 0.25) is 0 Å². The normalized spacial score (nSPS) is 12.0. The van der Waals surface area contributed by atoms with Crippen molar-refractivity contribution in [3.63, 3.8) is 0 Å². The fraction of sp³-hybridized carbons (Fsp3) is 0.462. The molecule has 3 heteroatoms. The van der Waals surface area contributed by atoms with Crippen molar-refractivity contribution >= 4 is 11.6 Å². The van der Waals surface area contributed by atoms with E-state index < -0.39 is 0 Å². The van der Waals surface area contributed by atoms with Crippen molar-refractivity contribution in [2.45, 2.75) is 26.3 Å². The van der Waals surface area contributed by atoms with Gasteiger partial charge in [-0.15, -0.1) is 0 Å². The van der Waals surface area contributed by atoms with Gasteiger partial charge in [-0.3, -0.25) is 4.79 Å². The van der Waals surface area contributed by atoms with E-state index >= 15 is 0 Å². The van der Waals surface area contributed by atoms with Crippen molar-refractivity contribution in [3.05, 3.63) is 29.8 Å². The Labute approximate surface area is 97.5 Å². The van der Waals surface area contributed by atoms with Gasteiger partial charge in [-0.2, -0.15) is 0 Å². The van der Waals surface area contributed by atoms with Gasteiger partial charge in [0, 0.05) is 31.4 Å². The van der Waals surface area contributed by atoms with E-state index in [0.29, 0.717) is 6.04 Å². The van der Waals surface area contributed by atoms with E-state index in [9.17, 15) is 4.79 Å². The van der Waals surface area contributed by atoms with Gasteiger partial charge < -0.3 is 10.2 Å². The summed E-state index contributed by atoms with van der Waals surface area (Å²) in [6.07, 6.45) is 1.08. The third kappa shape index (κ3) is 3.26. The van der Waals surface area contributed by atoms with Gasteiger partial charge in [0.25, 0.3) is 5.91 Å². The van der Waals surface area contributed by atoms with Gasteiger partial charge in [-0.1, -0.05) is 6.92 Å². The summed E-state index contributed by atoms with van der Waals surface area (Å²) in [5.41, 5.74) is 1.78. The van der Waals surface area contributed by atoms with Crippen LogP contribution < -0.4 is 5.32 Å². The molecule has 0 saturated carbocycles. The molecule has 1 amide bonds. The van der Waals surface area contributed by atoms with Gasteiger partial charge in [0.05, 0.1) is 0 Å². The second kappa shape index (κ2) is 5.54. The van der Waals surface area contributed by atoms with Crippen molar-refractivity contribution in [1.29, 1.82) is 0 Å². The van der Waals surface area contributed by atoms with Gasteiger partial charge in [0.15, 0.2) is 0 Å². The van der Waals surface area contributed by atoms with Crippen LogP contribution in [0.15, 0.2) is 24.3 Å². The third-order valence-corrected chi connectivity index (χ3v) is 2.56. The lowest BCUT2D eigenvalue weighted by Gasteiger charge is -2.14. The molecule has 16 heavy (non-hydrogen) atoms. The molecule has 1 N–H and O–H groups in total. The van der Waals surface area contributed by atoms with Gasteiger partial charge >= 0.3 is 0 Å². The number of nitrogens with one attached hydrogen (secondary N) is 1. The van der Waals surface area contributed by atoms with Crippen LogP contribution in [0.5, 0.6) is 0 Å². The summed E-state index contributed by atoms with van der Waals surface area (Å²) in [6.45, 7) is 4.28. The van der Waals surface area contributed by atoms with Crippen molar-refractivity contribution in [3.8, 4) is 0 Å². The fourth-order valence-corrected chi connectivity index (χ4v) is 1.35. The second-order valence-electron chi connectivity index (χ2n) is 4.23. The second-order valence-corrected chi connectivity index (χ2v) is 4.23. The predicted octanol–water partition coefficient (Wildman–Crippen LogP) is 2.60. The monoisotopic (exact) mass is 220 g/mol. The standard InChI is InChI=1S/C13H20N2O/c1-5-10(2)14-12-8-6-11(7-9-12)13(16)15(3)4/h6-10,14H,5H2,1-4H3. The van der Waals surface area contributed by atoms with Crippen LogP contribution in [-0.4, -0.2) is 30.9 Å².